The molecule has 2 aromatic rings. The maximum atomic E-state index is 13.9. The molecule has 0 bridgehead atoms. The normalized spacial score (nSPS) is 12.5. The minimum absolute atomic E-state index is 0.0590. The predicted octanol–water partition coefficient (Wildman–Crippen LogP) is 3.75. The Balaban J connectivity index is 2.43. The van der Waals surface area contributed by atoms with Crippen molar-refractivity contribution in [1.82, 2.24) is 5.43 Å². The molecule has 1 unspecified atom stereocenters. The molecule has 0 fully saturated rings. The lowest BCUT2D eigenvalue weighted by molar-refractivity contribution is 0.454. The number of benzene rings is 2. The van der Waals surface area contributed by atoms with E-state index in [2.05, 4.69) is 21.4 Å². The fourth-order valence-electron chi connectivity index (χ4n) is 2.05. The van der Waals surface area contributed by atoms with Crippen molar-refractivity contribution in [3.05, 3.63) is 69.2 Å². The van der Waals surface area contributed by atoms with E-state index in [0.29, 0.717) is 0 Å². The van der Waals surface area contributed by atoms with Gasteiger partial charge in [-0.25, -0.2) is 17.6 Å². The number of hydrogen-bond donors (Lipinski definition) is 2. The number of rotatable bonds is 4. The first kappa shape index (κ1) is 15.9. The van der Waals surface area contributed by atoms with E-state index in [0.717, 1.165) is 18.2 Å². The second-order valence-electron chi connectivity index (χ2n) is 4.38. The Kier molecular flexibility index (Phi) is 4.97. The van der Waals surface area contributed by atoms with E-state index in [1.165, 1.54) is 12.1 Å². The van der Waals surface area contributed by atoms with Gasteiger partial charge in [-0.2, -0.15) is 0 Å². The van der Waals surface area contributed by atoms with Crippen LogP contribution in [0.3, 0.4) is 0 Å². The Labute approximate surface area is 127 Å². The summed E-state index contributed by atoms with van der Waals surface area (Å²) < 4.78 is 55.2. The van der Waals surface area contributed by atoms with E-state index < -0.39 is 29.3 Å². The Hall–Kier alpha value is -1.44. The Morgan fingerprint density at radius 2 is 1.62 bits per heavy atom. The highest BCUT2D eigenvalue weighted by Crippen LogP contribution is 2.28. The molecule has 3 N–H and O–H groups in total. The maximum absolute atomic E-state index is 13.9. The summed E-state index contributed by atoms with van der Waals surface area (Å²) in [5, 5.41) is 0. The van der Waals surface area contributed by atoms with Crippen LogP contribution >= 0.6 is 15.9 Å². The van der Waals surface area contributed by atoms with E-state index >= 15 is 0 Å². The molecular formula is C14H11BrF4N2. The van der Waals surface area contributed by atoms with E-state index in [1.54, 1.807) is 0 Å². The minimum Gasteiger partial charge on any atom is -0.271 e. The molecule has 2 aromatic carbocycles. The van der Waals surface area contributed by atoms with Crippen LogP contribution in [0.5, 0.6) is 0 Å². The standard InChI is InChI=1S/C14H11BrF4N2/c15-8-4-5-9(16)7(14(8)19)6-12(21-20)13-10(17)2-1-3-11(13)18/h1-5,12,21H,6,20H2. The summed E-state index contributed by atoms with van der Waals surface area (Å²) >= 11 is 2.94. The molecular weight excluding hydrogens is 352 g/mol. The molecule has 0 spiro atoms. The van der Waals surface area contributed by atoms with Gasteiger partial charge in [0.2, 0.25) is 0 Å². The second kappa shape index (κ2) is 6.55. The van der Waals surface area contributed by atoms with Crippen molar-refractivity contribution >= 4 is 15.9 Å². The molecule has 112 valence electrons. The number of hydrazine groups is 1. The molecule has 7 heteroatoms. The third kappa shape index (κ3) is 3.25. The third-order valence-corrected chi connectivity index (χ3v) is 3.71. The largest absolute Gasteiger partial charge is 0.271 e. The van der Waals surface area contributed by atoms with Crippen LogP contribution in [0, 0.1) is 23.3 Å². The van der Waals surface area contributed by atoms with Gasteiger partial charge >= 0.3 is 0 Å². The first-order valence-corrected chi connectivity index (χ1v) is 6.77. The van der Waals surface area contributed by atoms with Gasteiger partial charge in [0.15, 0.2) is 0 Å². The van der Waals surface area contributed by atoms with E-state index in [9.17, 15) is 17.6 Å². The highest BCUT2D eigenvalue weighted by atomic mass is 79.9. The van der Waals surface area contributed by atoms with Crippen molar-refractivity contribution in [1.29, 1.82) is 0 Å². The lowest BCUT2D eigenvalue weighted by Crippen LogP contribution is -2.31. The molecule has 0 aliphatic heterocycles. The molecule has 2 nitrogen and oxygen atoms in total. The highest BCUT2D eigenvalue weighted by molar-refractivity contribution is 9.10. The number of halogens is 5. The van der Waals surface area contributed by atoms with E-state index in [-0.39, 0.29) is 22.0 Å². The van der Waals surface area contributed by atoms with Gasteiger partial charge in [-0.1, -0.05) is 6.07 Å². The maximum Gasteiger partial charge on any atom is 0.143 e. The topological polar surface area (TPSA) is 38.0 Å². The zero-order valence-electron chi connectivity index (χ0n) is 10.6. The molecule has 0 aromatic heterocycles. The molecule has 2 rings (SSSR count). The minimum atomic E-state index is -1.11. The zero-order chi connectivity index (χ0) is 15.6. The summed E-state index contributed by atoms with van der Waals surface area (Å²) in [6.07, 6.45) is -0.342. The number of hydrogen-bond acceptors (Lipinski definition) is 2. The molecule has 0 saturated heterocycles. The zero-order valence-corrected chi connectivity index (χ0v) is 12.2. The van der Waals surface area contributed by atoms with Crippen LogP contribution in [0.2, 0.25) is 0 Å². The first-order chi connectivity index (χ1) is 9.95. The van der Waals surface area contributed by atoms with Crippen LogP contribution in [0.25, 0.3) is 0 Å². The van der Waals surface area contributed by atoms with Crippen molar-refractivity contribution < 1.29 is 17.6 Å². The Bertz CT molecular complexity index is 643. The van der Waals surface area contributed by atoms with Crippen molar-refractivity contribution in [3.8, 4) is 0 Å². The number of nitrogens with one attached hydrogen (secondary N) is 1. The third-order valence-electron chi connectivity index (χ3n) is 3.10. The Morgan fingerprint density at radius 3 is 2.19 bits per heavy atom. The van der Waals surface area contributed by atoms with Crippen molar-refractivity contribution in [2.75, 3.05) is 0 Å². The van der Waals surface area contributed by atoms with Gasteiger partial charge in [0.25, 0.3) is 0 Å². The van der Waals surface area contributed by atoms with Crippen LogP contribution in [-0.2, 0) is 6.42 Å². The smallest absolute Gasteiger partial charge is 0.143 e. The van der Waals surface area contributed by atoms with Gasteiger partial charge in [0, 0.05) is 11.1 Å². The van der Waals surface area contributed by atoms with Crippen LogP contribution in [0.4, 0.5) is 17.6 Å². The average Bonchev–Trinajstić information content (AvgIpc) is 2.45. The summed E-state index contributed by atoms with van der Waals surface area (Å²) in [6, 6.07) is 4.47. The quantitative estimate of drug-likeness (QED) is 0.376. The van der Waals surface area contributed by atoms with Crippen LogP contribution < -0.4 is 11.3 Å². The lowest BCUT2D eigenvalue weighted by Gasteiger charge is -2.18. The van der Waals surface area contributed by atoms with Crippen molar-refractivity contribution in [3.63, 3.8) is 0 Å². The van der Waals surface area contributed by atoms with Gasteiger partial charge in [0.1, 0.15) is 23.3 Å². The molecule has 1 atom stereocenters. The van der Waals surface area contributed by atoms with Crippen molar-refractivity contribution in [2.45, 2.75) is 12.5 Å². The van der Waals surface area contributed by atoms with Gasteiger partial charge in [-0.05, 0) is 46.6 Å². The molecule has 0 heterocycles. The molecule has 21 heavy (non-hydrogen) atoms. The number of nitrogens with two attached hydrogens (primary N) is 1. The molecule has 0 saturated carbocycles. The molecule has 0 aliphatic rings. The van der Waals surface area contributed by atoms with E-state index in [4.69, 9.17) is 5.84 Å². The summed E-state index contributed by atoms with van der Waals surface area (Å²) in [5.41, 5.74) is 1.52. The average molecular weight is 363 g/mol. The van der Waals surface area contributed by atoms with Crippen LogP contribution in [-0.4, -0.2) is 0 Å². The van der Waals surface area contributed by atoms with E-state index in [1.807, 2.05) is 0 Å². The van der Waals surface area contributed by atoms with Gasteiger partial charge in [-0.15, -0.1) is 0 Å². The summed E-state index contributed by atoms with van der Waals surface area (Å²) in [6.45, 7) is 0. The second-order valence-corrected chi connectivity index (χ2v) is 5.23. The summed E-state index contributed by atoms with van der Waals surface area (Å²) in [4.78, 5) is 0. The fourth-order valence-corrected chi connectivity index (χ4v) is 2.42. The van der Waals surface area contributed by atoms with Gasteiger partial charge < -0.3 is 0 Å². The molecule has 0 amide bonds. The van der Waals surface area contributed by atoms with Crippen LogP contribution in [0.1, 0.15) is 17.2 Å². The lowest BCUT2D eigenvalue weighted by atomic mass is 9.97. The van der Waals surface area contributed by atoms with Crippen molar-refractivity contribution in [2.24, 2.45) is 5.84 Å². The summed E-state index contributed by atoms with van der Waals surface area (Å²) in [7, 11) is 0. The highest BCUT2D eigenvalue weighted by Gasteiger charge is 2.23. The fraction of sp³-hybridized carbons (Fsp3) is 0.143. The molecule has 0 radical (unpaired) electrons. The predicted molar refractivity (Wildman–Crippen MR) is 74.2 cm³/mol. The van der Waals surface area contributed by atoms with Gasteiger partial charge in [-0.3, -0.25) is 11.3 Å². The Morgan fingerprint density at radius 1 is 1.00 bits per heavy atom. The molecule has 0 aliphatic carbocycles. The monoisotopic (exact) mass is 362 g/mol. The SMILES string of the molecule is NNC(Cc1c(F)ccc(Br)c1F)c1c(F)cccc1F. The first-order valence-electron chi connectivity index (χ1n) is 5.98. The van der Waals surface area contributed by atoms with Crippen LogP contribution in [0.15, 0.2) is 34.8 Å². The van der Waals surface area contributed by atoms with Gasteiger partial charge in [0.05, 0.1) is 10.5 Å². The summed E-state index contributed by atoms with van der Waals surface area (Å²) in [5.74, 6) is 1.97.